The molecule has 0 saturated heterocycles. The number of hydrogen-bond donors (Lipinski definition) is 3. The first-order valence-electron chi connectivity index (χ1n) is 7.04. The Morgan fingerprint density at radius 3 is 2.10 bits per heavy atom. The Labute approximate surface area is 120 Å². The van der Waals surface area contributed by atoms with Crippen LogP contribution in [0, 0.1) is 0 Å². The summed E-state index contributed by atoms with van der Waals surface area (Å²) in [6.45, 7) is 6.47. The number of para-hydroxylation sites is 1. The molecule has 110 valence electrons. The van der Waals surface area contributed by atoms with Crippen molar-refractivity contribution >= 4 is 17.6 Å². The lowest BCUT2D eigenvalue weighted by Crippen LogP contribution is -2.39. The van der Waals surface area contributed by atoms with Gasteiger partial charge in [-0.25, -0.2) is 4.79 Å². The van der Waals surface area contributed by atoms with Crippen molar-refractivity contribution in [3.8, 4) is 0 Å². The summed E-state index contributed by atoms with van der Waals surface area (Å²) in [6, 6.07) is 5.64. The summed E-state index contributed by atoms with van der Waals surface area (Å²) in [4.78, 5) is 23.1. The number of amides is 3. The molecule has 3 N–H and O–H groups in total. The van der Waals surface area contributed by atoms with Crippen LogP contribution in [0.2, 0.25) is 0 Å². The van der Waals surface area contributed by atoms with Gasteiger partial charge in [-0.3, -0.25) is 4.79 Å². The van der Waals surface area contributed by atoms with Crippen molar-refractivity contribution < 1.29 is 9.59 Å². The highest BCUT2D eigenvalue weighted by Gasteiger charge is 2.10. The zero-order valence-electron chi connectivity index (χ0n) is 12.4. The van der Waals surface area contributed by atoms with Crippen LogP contribution in [0.25, 0.3) is 0 Å². The highest BCUT2D eigenvalue weighted by atomic mass is 16.2. The summed E-state index contributed by atoms with van der Waals surface area (Å²) in [6.07, 6.45) is 1.69. The Kier molecular flexibility index (Phi) is 6.56. The number of carbonyl (C=O) groups excluding carboxylic acids is 2. The molecule has 0 heterocycles. The van der Waals surface area contributed by atoms with E-state index in [9.17, 15) is 9.59 Å². The number of urea groups is 1. The molecule has 20 heavy (non-hydrogen) atoms. The van der Waals surface area contributed by atoms with Crippen LogP contribution in [-0.4, -0.2) is 25.0 Å². The first-order valence-corrected chi connectivity index (χ1v) is 7.04. The Morgan fingerprint density at radius 1 is 1.00 bits per heavy atom. The molecule has 0 saturated carbocycles. The van der Waals surface area contributed by atoms with Gasteiger partial charge in [0.2, 0.25) is 5.91 Å². The van der Waals surface area contributed by atoms with Gasteiger partial charge in [0.05, 0.1) is 6.54 Å². The molecule has 0 aliphatic carbocycles. The first-order chi connectivity index (χ1) is 9.62. The van der Waals surface area contributed by atoms with Gasteiger partial charge in [0, 0.05) is 12.2 Å². The molecule has 5 heteroatoms. The number of carbonyl (C=O) groups is 2. The third-order valence-electron chi connectivity index (χ3n) is 3.02. The van der Waals surface area contributed by atoms with Gasteiger partial charge in [0.25, 0.3) is 0 Å². The third-order valence-corrected chi connectivity index (χ3v) is 3.02. The molecule has 0 aliphatic heterocycles. The molecule has 1 rings (SSSR count). The quantitative estimate of drug-likeness (QED) is 0.745. The summed E-state index contributed by atoms with van der Waals surface area (Å²) in [7, 11) is 0. The van der Waals surface area contributed by atoms with E-state index in [2.05, 4.69) is 16.0 Å². The first kappa shape index (κ1) is 16.0. The average Bonchev–Trinajstić information content (AvgIpc) is 2.45. The Hall–Kier alpha value is -2.04. The minimum Gasteiger partial charge on any atom is -0.355 e. The number of nitrogens with one attached hydrogen (secondary N) is 3. The maximum Gasteiger partial charge on any atom is 0.319 e. The van der Waals surface area contributed by atoms with Crippen molar-refractivity contribution in [3.63, 3.8) is 0 Å². The van der Waals surface area contributed by atoms with Gasteiger partial charge in [-0.1, -0.05) is 32.0 Å². The molecule has 0 fully saturated rings. The SMILES string of the molecule is CCNC(=O)CNC(=O)Nc1c(CC)cccc1CC. The van der Waals surface area contributed by atoms with Crippen molar-refractivity contribution in [2.45, 2.75) is 33.6 Å². The largest absolute Gasteiger partial charge is 0.355 e. The van der Waals surface area contributed by atoms with E-state index in [1.807, 2.05) is 39.0 Å². The van der Waals surface area contributed by atoms with Gasteiger partial charge in [0.1, 0.15) is 0 Å². The normalized spacial score (nSPS) is 9.95. The van der Waals surface area contributed by atoms with Crippen molar-refractivity contribution in [2.75, 3.05) is 18.4 Å². The minimum atomic E-state index is -0.355. The molecule has 0 bridgehead atoms. The van der Waals surface area contributed by atoms with Crippen LogP contribution in [0.1, 0.15) is 31.9 Å². The second kappa shape index (κ2) is 8.19. The van der Waals surface area contributed by atoms with Gasteiger partial charge in [0.15, 0.2) is 0 Å². The number of hydrogen-bond acceptors (Lipinski definition) is 2. The van der Waals surface area contributed by atoms with E-state index >= 15 is 0 Å². The number of rotatable bonds is 6. The molecular formula is C15H23N3O2. The van der Waals surface area contributed by atoms with E-state index < -0.39 is 0 Å². The molecule has 3 amide bonds. The summed E-state index contributed by atoms with van der Waals surface area (Å²) < 4.78 is 0. The molecule has 0 aliphatic rings. The topological polar surface area (TPSA) is 70.2 Å². The minimum absolute atomic E-state index is 0.0184. The van der Waals surface area contributed by atoms with Gasteiger partial charge >= 0.3 is 6.03 Å². The molecule has 1 aromatic carbocycles. The van der Waals surface area contributed by atoms with Crippen molar-refractivity contribution in [3.05, 3.63) is 29.3 Å². The number of benzene rings is 1. The van der Waals surface area contributed by atoms with Gasteiger partial charge < -0.3 is 16.0 Å². The molecule has 0 aromatic heterocycles. The fraction of sp³-hybridized carbons (Fsp3) is 0.467. The van der Waals surface area contributed by atoms with E-state index in [-0.39, 0.29) is 18.5 Å². The van der Waals surface area contributed by atoms with Crippen LogP contribution < -0.4 is 16.0 Å². The molecule has 0 radical (unpaired) electrons. The molecule has 0 spiro atoms. The van der Waals surface area contributed by atoms with E-state index in [1.165, 1.54) is 0 Å². The zero-order valence-corrected chi connectivity index (χ0v) is 12.4. The van der Waals surface area contributed by atoms with E-state index in [4.69, 9.17) is 0 Å². The predicted molar refractivity (Wildman–Crippen MR) is 80.9 cm³/mol. The van der Waals surface area contributed by atoms with Crippen LogP contribution in [-0.2, 0) is 17.6 Å². The maximum absolute atomic E-state index is 11.9. The summed E-state index contributed by atoms with van der Waals surface area (Å²) in [5.74, 6) is -0.192. The lowest BCUT2D eigenvalue weighted by molar-refractivity contribution is -0.119. The fourth-order valence-corrected chi connectivity index (χ4v) is 1.98. The number of aryl methyl sites for hydroxylation is 2. The van der Waals surface area contributed by atoms with E-state index in [1.54, 1.807) is 0 Å². The van der Waals surface area contributed by atoms with Crippen LogP contribution in [0.5, 0.6) is 0 Å². The van der Waals surface area contributed by atoms with Crippen LogP contribution in [0.3, 0.4) is 0 Å². The lowest BCUT2D eigenvalue weighted by atomic mass is 10.0. The highest BCUT2D eigenvalue weighted by molar-refractivity contribution is 5.93. The van der Waals surface area contributed by atoms with Crippen molar-refractivity contribution in [2.24, 2.45) is 0 Å². The molecular weight excluding hydrogens is 254 g/mol. The lowest BCUT2D eigenvalue weighted by Gasteiger charge is -2.14. The second-order valence-electron chi connectivity index (χ2n) is 4.42. The van der Waals surface area contributed by atoms with Gasteiger partial charge in [-0.15, -0.1) is 0 Å². The fourth-order valence-electron chi connectivity index (χ4n) is 1.98. The number of likely N-dealkylation sites (N-methyl/N-ethyl adjacent to an activating group) is 1. The Morgan fingerprint density at radius 2 is 1.60 bits per heavy atom. The number of anilines is 1. The van der Waals surface area contributed by atoms with Crippen LogP contribution in [0.4, 0.5) is 10.5 Å². The second-order valence-corrected chi connectivity index (χ2v) is 4.42. The molecule has 5 nitrogen and oxygen atoms in total. The summed E-state index contributed by atoms with van der Waals surface area (Å²) in [5, 5.41) is 8.03. The Balaban J connectivity index is 2.68. The van der Waals surface area contributed by atoms with Crippen molar-refractivity contribution in [1.82, 2.24) is 10.6 Å². The smallest absolute Gasteiger partial charge is 0.319 e. The highest BCUT2D eigenvalue weighted by Crippen LogP contribution is 2.22. The van der Waals surface area contributed by atoms with Gasteiger partial charge in [-0.05, 0) is 30.9 Å². The molecule has 0 atom stereocenters. The van der Waals surface area contributed by atoms with Crippen LogP contribution >= 0.6 is 0 Å². The molecule has 1 aromatic rings. The summed E-state index contributed by atoms with van der Waals surface area (Å²) in [5.41, 5.74) is 3.04. The van der Waals surface area contributed by atoms with E-state index in [0.717, 1.165) is 29.7 Å². The predicted octanol–water partition coefficient (Wildman–Crippen LogP) is 2.07. The average molecular weight is 277 g/mol. The maximum atomic E-state index is 11.9. The summed E-state index contributed by atoms with van der Waals surface area (Å²) >= 11 is 0. The third kappa shape index (κ3) is 4.57. The zero-order chi connectivity index (χ0) is 15.0. The monoisotopic (exact) mass is 277 g/mol. The van der Waals surface area contributed by atoms with Crippen molar-refractivity contribution in [1.29, 1.82) is 0 Å². The van der Waals surface area contributed by atoms with Crippen LogP contribution in [0.15, 0.2) is 18.2 Å². The standard InChI is InChI=1S/C15H23N3O2/c1-4-11-8-7-9-12(5-2)14(11)18-15(20)17-10-13(19)16-6-3/h7-9H,4-6,10H2,1-3H3,(H,16,19)(H2,17,18,20). The Bertz CT molecular complexity index is 450. The molecule has 0 unspecified atom stereocenters. The van der Waals surface area contributed by atoms with Gasteiger partial charge in [-0.2, -0.15) is 0 Å². The van der Waals surface area contributed by atoms with E-state index in [0.29, 0.717) is 6.54 Å².